The molecule has 1 aliphatic rings. The first-order valence-corrected chi connectivity index (χ1v) is 5.38. The van der Waals surface area contributed by atoms with Crippen molar-refractivity contribution in [3.63, 3.8) is 0 Å². The maximum absolute atomic E-state index is 2.36. The summed E-state index contributed by atoms with van der Waals surface area (Å²) in [6.07, 6.45) is 10.3. The van der Waals surface area contributed by atoms with Crippen molar-refractivity contribution in [3.8, 4) is 0 Å². The molecule has 2 atom stereocenters. The molecular weight excluding hydrogens is 132 g/mol. The van der Waals surface area contributed by atoms with Gasteiger partial charge in [-0.3, -0.25) is 0 Å². The van der Waals surface area contributed by atoms with E-state index < -0.39 is 0 Å². The van der Waals surface area contributed by atoms with E-state index in [0.717, 1.165) is 11.8 Å². The lowest BCUT2D eigenvalue weighted by atomic mass is 9.76. The Balaban J connectivity index is 2.31. The Hall–Kier alpha value is 0. The molecule has 0 aromatic heterocycles. The van der Waals surface area contributed by atoms with E-state index >= 15 is 0 Å². The third-order valence-corrected chi connectivity index (χ3v) is 3.25. The van der Waals surface area contributed by atoms with Crippen LogP contribution in [0.4, 0.5) is 0 Å². The Bertz CT molecular complexity index is 94.2. The van der Waals surface area contributed by atoms with Gasteiger partial charge in [-0.1, -0.05) is 58.8 Å². The minimum Gasteiger partial charge on any atom is -0.0654 e. The largest absolute Gasteiger partial charge is 0.0654 e. The molecule has 0 spiro atoms. The van der Waals surface area contributed by atoms with Gasteiger partial charge < -0.3 is 0 Å². The molecule has 0 aromatic rings. The fourth-order valence-electron chi connectivity index (χ4n) is 2.57. The van der Waals surface area contributed by atoms with Crippen molar-refractivity contribution in [3.05, 3.63) is 0 Å². The zero-order chi connectivity index (χ0) is 8.10. The number of rotatable bonds is 3. The normalized spacial score (nSPS) is 32.2. The molecule has 0 N–H and O–H groups in total. The van der Waals surface area contributed by atoms with Crippen LogP contribution < -0.4 is 0 Å². The molecule has 0 aromatic carbocycles. The number of hydrogen-bond donors (Lipinski definition) is 0. The summed E-state index contributed by atoms with van der Waals surface area (Å²) in [6.45, 7) is 4.68. The maximum atomic E-state index is 2.36. The van der Waals surface area contributed by atoms with Gasteiger partial charge in [0.15, 0.2) is 0 Å². The van der Waals surface area contributed by atoms with E-state index in [-0.39, 0.29) is 0 Å². The van der Waals surface area contributed by atoms with Gasteiger partial charge in [-0.15, -0.1) is 0 Å². The molecule has 1 fully saturated rings. The molecule has 11 heavy (non-hydrogen) atoms. The topological polar surface area (TPSA) is 0 Å². The smallest absolute Gasteiger partial charge is 0.0386 e. The molecule has 2 unspecified atom stereocenters. The van der Waals surface area contributed by atoms with Gasteiger partial charge in [0.2, 0.25) is 0 Å². The summed E-state index contributed by atoms with van der Waals surface area (Å²) < 4.78 is 0. The van der Waals surface area contributed by atoms with Gasteiger partial charge in [-0.25, -0.2) is 0 Å². The van der Waals surface area contributed by atoms with Gasteiger partial charge >= 0.3 is 0 Å². The fourth-order valence-corrected chi connectivity index (χ4v) is 2.57. The molecule has 66 valence electrons. The molecule has 0 amide bonds. The second-order valence-corrected chi connectivity index (χ2v) is 4.00. The van der Waals surface area contributed by atoms with Crippen LogP contribution in [-0.2, 0) is 0 Å². The zero-order valence-electron chi connectivity index (χ0n) is 8.10. The number of hydrogen-bond acceptors (Lipinski definition) is 0. The van der Waals surface area contributed by atoms with Gasteiger partial charge in [-0.05, 0) is 11.8 Å². The molecule has 0 heteroatoms. The standard InChI is InChI=1S/C11H22/c1-3-7-11-9-6-5-8-10(11)4-2/h10-11H,3-9H2,1-2H3. The van der Waals surface area contributed by atoms with Gasteiger partial charge in [0.25, 0.3) is 0 Å². The molecule has 0 aliphatic heterocycles. The van der Waals surface area contributed by atoms with Crippen LogP contribution in [-0.4, -0.2) is 0 Å². The Morgan fingerprint density at radius 2 is 1.64 bits per heavy atom. The lowest BCUT2D eigenvalue weighted by molar-refractivity contribution is 0.216. The van der Waals surface area contributed by atoms with Gasteiger partial charge in [0, 0.05) is 0 Å². The van der Waals surface area contributed by atoms with E-state index in [9.17, 15) is 0 Å². The Morgan fingerprint density at radius 3 is 2.18 bits per heavy atom. The van der Waals surface area contributed by atoms with Crippen LogP contribution in [0.25, 0.3) is 0 Å². The lowest BCUT2D eigenvalue weighted by Crippen LogP contribution is -2.18. The Kier molecular flexibility index (Phi) is 3.96. The summed E-state index contributed by atoms with van der Waals surface area (Å²) in [5.74, 6) is 2.16. The van der Waals surface area contributed by atoms with Crippen LogP contribution in [0.15, 0.2) is 0 Å². The molecular formula is C11H22. The summed E-state index contributed by atoms with van der Waals surface area (Å²) in [6, 6.07) is 0. The Labute approximate surface area is 71.4 Å². The summed E-state index contributed by atoms with van der Waals surface area (Å²) in [7, 11) is 0. The van der Waals surface area contributed by atoms with Crippen molar-refractivity contribution in [1.29, 1.82) is 0 Å². The van der Waals surface area contributed by atoms with E-state index in [1.54, 1.807) is 0 Å². The van der Waals surface area contributed by atoms with Crippen molar-refractivity contribution in [2.45, 2.75) is 58.8 Å². The predicted molar refractivity (Wildman–Crippen MR) is 50.6 cm³/mol. The lowest BCUT2D eigenvalue weighted by Gasteiger charge is -2.30. The van der Waals surface area contributed by atoms with Crippen LogP contribution >= 0.6 is 0 Å². The molecule has 0 saturated heterocycles. The van der Waals surface area contributed by atoms with Crippen molar-refractivity contribution in [1.82, 2.24) is 0 Å². The third kappa shape index (κ3) is 2.50. The first-order chi connectivity index (χ1) is 5.38. The molecule has 0 nitrogen and oxygen atoms in total. The predicted octanol–water partition coefficient (Wildman–Crippen LogP) is 4.00. The van der Waals surface area contributed by atoms with E-state index in [0.29, 0.717) is 0 Å². The fraction of sp³-hybridized carbons (Fsp3) is 1.00. The molecule has 0 radical (unpaired) electrons. The highest BCUT2D eigenvalue weighted by atomic mass is 14.3. The second-order valence-electron chi connectivity index (χ2n) is 4.00. The maximum Gasteiger partial charge on any atom is -0.0386 e. The Morgan fingerprint density at radius 1 is 1.00 bits per heavy atom. The van der Waals surface area contributed by atoms with Crippen molar-refractivity contribution in [2.24, 2.45) is 11.8 Å². The van der Waals surface area contributed by atoms with Crippen molar-refractivity contribution in [2.75, 3.05) is 0 Å². The third-order valence-electron chi connectivity index (χ3n) is 3.25. The minimum absolute atomic E-state index is 1.07. The van der Waals surface area contributed by atoms with Gasteiger partial charge in [-0.2, -0.15) is 0 Å². The van der Waals surface area contributed by atoms with Crippen LogP contribution in [0.5, 0.6) is 0 Å². The highest BCUT2D eigenvalue weighted by Gasteiger charge is 2.22. The summed E-state index contributed by atoms with van der Waals surface area (Å²) >= 11 is 0. The summed E-state index contributed by atoms with van der Waals surface area (Å²) in [5, 5.41) is 0. The van der Waals surface area contributed by atoms with Gasteiger partial charge in [0.05, 0.1) is 0 Å². The molecule has 1 saturated carbocycles. The zero-order valence-corrected chi connectivity index (χ0v) is 8.10. The van der Waals surface area contributed by atoms with E-state index in [1.165, 1.54) is 44.9 Å². The first-order valence-electron chi connectivity index (χ1n) is 5.38. The monoisotopic (exact) mass is 154 g/mol. The molecule has 1 aliphatic carbocycles. The van der Waals surface area contributed by atoms with Crippen LogP contribution in [0.1, 0.15) is 58.8 Å². The minimum atomic E-state index is 1.07. The van der Waals surface area contributed by atoms with Crippen molar-refractivity contribution < 1.29 is 0 Å². The highest BCUT2D eigenvalue weighted by molar-refractivity contribution is 4.73. The average molecular weight is 154 g/mol. The summed E-state index contributed by atoms with van der Waals surface area (Å²) in [5.41, 5.74) is 0. The van der Waals surface area contributed by atoms with Crippen molar-refractivity contribution >= 4 is 0 Å². The average Bonchev–Trinajstić information content (AvgIpc) is 2.06. The molecule has 0 bridgehead atoms. The van der Waals surface area contributed by atoms with Crippen LogP contribution in [0, 0.1) is 11.8 Å². The second kappa shape index (κ2) is 4.79. The molecule has 0 heterocycles. The highest BCUT2D eigenvalue weighted by Crippen LogP contribution is 2.34. The SMILES string of the molecule is CCCC1CCCCC1CC. The van der Waals surface area contributed by atoms with E-state index in [4.69, 9.17) is 0 Å². The van der Waals surface area contributed by atoms with E-state index in [2.05, 4.69) is 13.8 Å². The first kappa shape index (κ1) is 9.09. The van der Waals surface area contributed by atoms with Crippen LogP contribution in [0.2, 0.25) is 0 Å². The van der Waals surface area contributed by atoms with Gasteiger partial charge in [0.1, 0.15) is 0 Å². The van der Waals surface area contributed by atoms with E-state index in [1.807, 2.05) is 0 Å². The van der Waals surface area contributed by atoms with Crippen LogP contribution in [0.3, 0.4) is 0 Å². The summed E-state index contributed by atoms with van der Waals surface area (Å²) in [4.78, 5) is 0. The molecule has 1 rings (SSSR count). The quantitative estimate of drug-likeness (QED) is 0.576.